The van der Waals surface area contributed by atoms with Gasteiger partial charge in [-0.05, 0) is 25.1 Å². The maximum Gasteiger partial charge on any atom is 0.154 e. The van der Waals surface area contributed by atoms with E-state index >= 15 is 0 Å². The molecule has 3 aromatic heterocycles. The van der Waals surface area contributed by atoms with E-state index in [1.165, 1.54) is 11.3 Å². The fourth-order valence-electron chi connectivity index (χ4n) is 2.44. The minimum atomic E-state index is 0.443. The molecular formula is C17H11N5S. The van der Waals surface area contributed by atoms with Gasteiger partial charge in [0, 0.05) is 22.0 Å². The molecule has 0 amide bonds. The standard InChI is InChI=1S/C17H11N5S/c1-11-3-2-4-16(20-11)22-15-7-12(5-6-13(15)9-19-22)17-21-14(8-18)10-23-17/h2-7,9-10H,1H3. The van der Waals surface area contributed by atoms with Crippen molar-refractivity contribution in [3.05, 3.63) is 59.4 Å². The highest BCUT2D eigenvalue weighted by atomic mass is 32.1. The quantitative estimate of drug-likeness (QED) is 0.565. The Bertz CT molecular complexity index is 1050. The Hall–Kier alpha value is -3.04. The second kappa shape index (κ2) is 5.30. The van der Waals surface area contributed by atoms with E-state index in [-0.39, 0.29) is 0 Å². The normalized spacial score (nSPS) is 10.8. The van der Waals surface area contributed by atoms with Gasteiger partial charge < -0.3 is 0 Å². The molecule has 0 unspecified atom stereocenters. The Morgan fingerprint density at radius 2 is 2.09 bits per heavy atom. The molecule has 0 aliphatic rings. The highest BCUT2D eigenvalue weighted by molar-refractivity contribution is 7.13. The molecule has 1 aromatic carbocycles. The molecule has 0 radical (unpaired) electrons. The van der Waals surface area contributed by atoms with E-state index in [4.69, 9.17) is 5.26 Å². The van der Waals surface area contributed by atoms with Crippen LogP contribution in [-0.4, -0.2) is 19.7 Å². The Labute approximate surface area is 136 Å². The molecular weight excluding hydrogens is 306 g/mol. The third kappa shape index (κ3) is 2.37. The van der Waals surface area contributed by atoms with Crippen LogP contribution in [0.15, 0.2) is 48.0 Å². The highest BCUT2D eigenvalue weighted by Crippen LogP contribution is 2.28. The number of fused-ring (bicyclic) bond motifs is 1. The van der Waals surface area contributed by atoms with Crippen molar-refractivity contribution in [3.63, 3.8) is 0 Å². The number of hydrogen-bond acceptors (Lipinski definition) is 5. The van der Waals surface area contributed by atoms with E-state index in [1.54, 1.807) is 5.38 Å². The van der Waals surface area contributed by atoms with Gasteiger partial charge in [0.2, 0.25) is 0 Å². The van der Waals surface area contributed by atoms with Crippen molar-refractivity contribution in [2.45, 2.75) is 6.92 Å². The number of pyridine rings is 1. The van der Waals surface area contributed by atoms with Crippen molar-refractivity contribution in [1.82, 2.24) is 19.7 Å². The number of rotatable bonds is 2. The number of benzene rings is 1. The number of aryl methyl sites for hydroxylation is 1. The van der Waals surface area contributed by atoms with Gasteiger partial charge in [0.05, 0.1) is 11.7 Å². The molecule has 0 saturated carbocycles. The lowest BCUT2D eigenvalue weighted by Gasteiger charge is -2.04. The third-order valence-electron chi connectivity index (χ3n) is 3.53. The molecule has 0 saturated heterocycles. The SMILES string of the molecule is Cc1cccc(-n2ncc3ccc(-c4nc(C#N)cs4)cc32)n1. The van der Waals surface area contributed by atoms with Crippen LogP contribution in [0.25, 0.3) is 27.3 Å². The first-order valence-electron chi connectivity index (χ1n) is 7.02. The van der Waals surface area contributed by atoms with Gasteiger partial charge in [0.25, 0.3) is 0 Å². The van der Waals surface area contributed by atoms with Crippen molar-refractivity contribution < 1.29 is 0 Å². The van der Waals surface area contributed by atoms with Crippen LogP contribution >= 0.6 is 11.3 Å². The van der Waals surface area contributed by atoms with Gasteiger partial charge in [0.15, 0.2) is 11.5 Å². The van der Waals surface area contributed by atoms with E-state index in [9.17, 15) is 0 Å². The number of nitriles is 1. The zero-order chi connectivity index (χ0) is 15.8. The highest BCUT2D eigenvalue weighted by Gasteiger charge is 2.10. The smallest absolute Gasteiger partial charge is 0.154 e. The predicted molar refractivity (Wildman–Crippen MR) is 89.4 cm³/mol. The Balaban J connectivity index is 1.88. The molecule has 0 N–H and O–H groups in total. The van der Waals surface area contributed by atoms with Crippen molar-refractivity contribution in [2.75, 3.05) is 0 Å². The average Bonchev–Trinajstić information content (AvgIpc) is 3.21. The molecule has 4 aromatic rings. The minimum absolute atomic E-state index is 0.443. The van der Waals surface area contributed by atoms with Gasteiger partial charge in [-0.2, -0.15) is 10.4 Å². The Kier molecular flexibility index (Phi) is 3.14. The van der Waals surface area contributed by atoms with Gasteiger partial charge >= 0.3 is 0 Å². The summed E-state index contributed by atoms with van der Waals surface area (Å²) in [6.45, 7) is 1.96. The lowest BCUT2D eigenvalue weighted by Crippen LogP contribution is -1.99. The van der Waals surface area contributed by atoms with Crippen LogP contribution < -0.4 is 0 Å². The molecule has 0 bridgehead atoms. The van der Waals surface area contributed by atoms with Crippen LogP contribution in [-0.2, 0) is 0 Å². The van der Waals surface area contributed by atoms with Gasteiger partial charge in [-0.15, -0.1) is 11.3 Å². The van der Waals surface area contributed by atoms with Crippen LogP contribution in [0.2, 0.25) is 0 Å². The predicted octanol–water partition coefficient (Wildman–Crippen LogP) is 3.72. The molecule has 0 aliphatic carbocycles. The van der Waals surface area contributed by atoms with Crippen molar-refractivity contribution >= 4 is 22.2 Å². The molecule has 6 heteroatoms. The molecule has 3 heterocycles. The van der Waals surface area contributed by atoms with Crippen molar-refractivity contribution in [2.24, 2.45) is 0 Å². The largest absolute Gasteiger partial charge is 0.234 e. The summed E-state index contributed by atoms with van der Waals surface area (Å²) in [4.78, 5) is 8.85. The second-order valence-corrected chi connectivity index (χ2v) is 5.97. The summed E-state index contributed by atoms with van der Waals surface area (Å²) in [7, 11) is 0. The molecule has 0 fully saturated rings. The van der Waals surface area contributed by atoms with Crippen LogP contribution in [0.4, 0.5) is 0 Å². The van der Waals surface area contributed by atoms with Crippen LogP contribution in [0.5, 0.6) is 0 Å². The van der Waals surface area contributed by atoms with Crippen molar-refractivity contribution in [1.29, 1.82) is 5.26 Å². The first-order chi connectivity index (χ1) is 11.2. The summed E-state index contributed by atoms with van der Waals surface area (Å²) in [6, 6.07) is 14.0. The number of hydrogen-bond donors (Lipinski definition) is 0. The lowest BCUT2D eigenvalue weighted by molar-refractivity contribution is 0.867. The topological polar surface area (TPSA) is 67.4 Å². The molecule has 110 valence electrons. The summed E-state index contributed by atoms with van der Waals surface area (Å²) < 4.78 is 1.82. The van der Waals surface area contributed by atoms with E-state index in [1.807, 2.05) is 54.2 Å². The second-order valence-electron chi connectivity index (χ2n) is 5.12. The first-order valence-corrected chi connectivity index (χ1v) is 7.90. The van der Waals surface area contributed by atoms with Gasteiger partial charge in [-0.25, -0.2) is 14.6 Å². The van der Waals surface area contributed by atoms with E-state index in [0.29, 0.717) is 5.69 Å². The van der Waals surface area contributed by atoms with Gasteiger partial charge in [-0.1, -0.05) is 18.2 Å². The first kappa shape index (κ1) is 13.6. The zero-order valence-corrected chi connectivity index (χ0v) is 13.1. The monoisotopic (exact) mass is 317 g/mol. The summed E-state index contributed by atoms with van der Waals surface area (Å²) in [5, 5.41) is 17.0. The van der Waals surface area contributed by atoms with Crippen LogP contribution in [0.3, 0.4) is 0 Å². The van der Waals surface area contributed by atoms with E-state index < -0.39 is 0 Å². The zero-order valence-electron chi connectivity index (χ0n) is 12.3. The van der Waals surface area contributed by atoms with E-state index in [0.717, 1.165) is 33.0 Å². The molecule has 4 rings (SSSR count). The van der Waals surface area contributed by atoms with Crippen molar-refractivity contribution in [3.8, 4) is 22.5 Å². The number of nitrogens with zero attached hydrogens (tertiary/aromatic N) is 5. The number of thiazole rings is 1. The third-order valence-corrected chi connectivity index (χ3v) is 4.42. The maximum absolute atomic E-state index is 8.93. The fourth-order valence-corrected chi connectivity index (χ4v) is 3.18. The summed E-state index contributed by atoms with van der Waals surface area (Å²) in [5.41, 5.74) is 3.33. The summed E-state index contributed by atoms with van der Waals surface area (Å²) >= 11 is 1.46. The van der Waals surface area contributed by atoms with E-state index in [2.05, 4.69) is 21.1 Å². The Morgan fingerprint density at radius 1 is 1.17 bits per heavy atom. The summed E-state index contributed by atoms with van der Waals surface area (Å²) in [6.07, 6.45) is 1.83. The van der Waals surface area contributed by atoms with Crippen LogP contribution in [0.1, 0.15) is 11.4 Å². The van der Waals surface area contributed by atoms with Gasteiger partial charge in [-0.3, -0.25) is 0 Å². The lowest BCUT2D eigenvalue weighted by atomic mass is 10.2. The molecule has 0 spiro atoms. The Morgan fingerprint density at radius 3 is 2.87 bits per heavy atom. The minimum Gasteiger partial charge on any atom is -0.234 e. The fraction of sp³-hybridized carbons (Fsp3) is 0.0588. The van der Waals surface area contributed by atoms with Gasteiger partial charge in [0.1, 0.15) is 11.1 Å². The molecule has 23 heavy (non-hydrogen) atoms. The molecule has 0 aliphatic heterocycles. The molecule has 0 atom stereocenters. The maximum atomic E-state index is 8.93. The number of aromatic nitrogens is 4. The van der Waals surface area contributed by atoms with Crippen LogP contribution in [0, 0.1) is 18.3 Å². The average molecular weight is 317 g/mol. The summed E-state index contributed by atoms with van der Waals surface area (Å²) in [5.74, 6) is 0.786. The molecule has 5 nitrogen and oxygen atoms in total.